The summed E-state index contributed by atoms with van der Waals surface area (Å²) >= 11 is 0. The van der Waals surface area contributed by atoms with Gasteiger partial charge in [-0.3, -0.25) is 0 Å². The monoisotopic (exact) mass is 274 g/mol. The van der Waals surface area contributed by atoms with E-state index >= 15 is 0 Å². The maximum absolute atomic E-state index is 9.45. The fourth-order valence-electron chi connectivity index (χ4n) is 2.35. The molecule has 0 aliphatic carbocycles. The molecule has 3 aromatic rings. The Hall–Kier alpha value is -2.83. The average Bonchev–Trinajstić information content (AvgIpc) is 2.97. The van der Waals surface area contributed by atoms with E-state index in [-0.39, 0.29) is 6.61 Å². The van der Waals surface area contributed by atoms with Gasteiger partial charge in [0.25, 0.3) is 0 Å². The van der Waals surface area contributed by atoms with Crippen molar-refractivity contribution in [1.82, 2.24) is 4.98 Å². The standard InChI is InChI=1S/C18H14N2O/c19-10-15(9-13-5-7-14(12-21)8-6-13)17-11-20-18-4-2-1-3-16(17)18/h1-9,11,20-21H,12H2/b15-9+. The first kappa shape index (κ1) is 13.2. The zero-order valence-electron chi connectivity index (χ0n) is 11.4. The van der Waals surface area contributed by atoms with Crippen LogP contribution in [-0.2, 0) is 6.61 Å². The minimum atomic E-state index is 0.0253. The number of hydrogen-bond donors (Lipinski definition) is 2. The van der Waals surface area contributed by atoms with Crippen LogP contribution in [0.25, 0.3) is 22.6 Å². The lowest BCUT2D eigenvalue weighted by molar-refractivity contribution is 0.282. The number of para-hydroxylation sites is 1. The Labute approximate surface area is 122 Å². The van der Waals surface area contributed by atoms with Crippen LogP contribution >= 0.6 is 0 Å². The molecule has 3 heteroatoms. The Bertz CT molecular complexity index is 836. The fraction of sp³-hybridized carbons (Fsp3) is 0.0556. The van der Waals surface area contributed by atoms with Gasteiger partial charge in [0.1, 0.15) is 0 Å². The van der Waals surface area contributed by atoms with Crippen molar-refractivity contribution in [2.75, 3.05) is 0 Å². The van der Waals surface area contributed by atoms with E-state index in [0.717, 1.165) is 27.6 Å². The van der Waals surface area contributed by atoms with Crippen molar-refractivity contribution in [3.05, 3.63) is 71.4 Å². The minimum absolute atomic E-state index is 0.0253. The molecule has 0 saturated carbocycles. The van der Waals surface area contributed by atoms with Gasteiger partial charge in [-0.25, -0.2) is 0 Å². The van der Waals surface area contributed by atoms with E-state index in [1.165, 1.54) is 0 Å². The van der Waals surface area contributed by atoms with Gasteiger partial charge in [-0.1, -0.05) is 42.5 Å². The first-order valence-corrected chi connectivity index (χ1v) is 6.70. The lowest BCUT2D eigenvalue weighted by Gasteiger charge is -2.00. The van der Waals surface area contributed by atoms with E-state index in [2.05, 4.69) is 11.1 Å². The molecule has 0 aliphatic rings. The van der Waals surface area contributed by atoms with Crippen LogP contribution in [0.1, 0.15) is 16.7 Å². The molecule has 0 spiro atoms. The Morgan fingerprint density at radius 3 is 2.62 bits per heavy atom. The highest BCUT2D eigenvalue weighted by molar-refractivity contribution is 6.01. The molecule has 1 heterocycles. The Kier molecular flexibility index (Phi) is 3.55. The summed E-state index contributed by atoms with van der Waals surface area (Å²) in [5.41, 5.74) is 4.33. The van der Waals surface area contributed by atoms with Gasteiger partial charge in [0, 0.05) is 22.7 Å². The molecule has 1 aromatic heterocycles. The van der Waals surface area contributed by atoms with Gasteiger partial charge in [0.05, 0.1) is 18.2 Å². The molecule has 2 N–H and O–H groups in total. The number of rotatable bonds is 3. The van der Waals surface area contributed by atoms with Crippen LogP contribution in [0.5, 0.6) is 0 Å². The fourth-order valence-corrected chi connectivity index (χ4v) is 2.35. The van der Waals surface area contributed by atoms with Crippen molar-refractivity contribution in [2.24, 2.45) is 0 Å². The molecule has 0 amide bonds. The summed E-state index contributed by atoms with van der Waals surface area (Å²) in [6.07, 6.45) is 3.72. The molecule has 3 nitrogen and oxygen atoms in total. The quantitative estimate of drug-likeness (QED) is 0.715. The second-order valence-corrected chi connectivity index (χ2v) is 4.82. The number of allylic oxidation sites excluding steroid dienone is 1. The topological polar surface area (TPSA) is 59.8 Å². The zero-order chi connectivity index (χ0) is 14.7. The van der Waals surface area contributed by atoms with E-state index in [1.807, 2.05) is 60.8 Å². The summed E-state index contributed by atoms with van der Waals surface area (Å²) in [7, 11) is 0. The Balaban J connectivity index is 2.05. The van der Waals surface area contributed by atoms with E-state index in [0.29, 0.717) is 5.57 Å². The van der Waals surface area contributed by atoms with Gasteiger partial charge >= 0.3 is 0 Å². The van der Waals surface area contributed by atoms with Gasteiger partial charge in [-0.2, -0.15) is 5.26 Å². The summed E-state index contributed by atoms with van der Waals surface area (Å²) < 4.78 is 0. The summed E-state index contributed by atoms with van der Waals surface area (Å²) in [5.74, 6) is 0. The molecule has 21 heavy (non-hydrogen) atoms. The number of H-pyrrole nitrogens is 1. The Morgan fingerprint density at radius 2 is 1.90 bits per heavy atom. The van der Waals surface area contributed by atoms with Crippen molar-refractivity contribution in [3.8, 4) is 6.07 Å². The Morgan fingerprint density at radius 1 is 1.14 bits per heavy atom. The van der Waals surface area contributed by atoms with Crippen molar-refractivity contribution < 1.29 is 5.11 Å². The molecule has 0 saturated heterocycles. The van der Waals surface area contributed by atoms with Gasteiger partial charge in [0.15, 0.2) is 0 Å². The molecule has 0 fully saturated rings. The number of hydrogen-bond acceptors (Lipinski definition) is 2. The molecule has 2 aromatic carbocycles. The van der Waals surface area contributed by atoms with Crippen LogP contribution in [0.2, 0.25) is 0 Å². The summed E-state index contributed by atoms with van der Waals surface area (Å²) in [5, 5.41) is 19.5. The zero-order valence-corrected chi connectivity index (χ0v) is 11.4. The second kappa shape index (κ2) is 5.66. The normalized spacial score (nSPS) is 11.5. The maximum atomic E-state index is 9.45. The summed E-state index contributed by atoms with van der Waals surface area (Å²) in [4.78, 5) is 3.18. The number of aliphatic hydroxyl groups excluding tert-OH is 1. The number of aliphatic hydroxyl groups is 1. The van der Waals surface area contributed by atoms with Crippen molar-refractivity contribution in [3.63, 3.8) is 0 Å². The molecule has 0 radical (unpaired) electrons. The van der Waals surface area contributed by atoms with E-state index < -0.39 is 0 Å². The van der Waals surface area contributed by atoms with Crippen LogP contribution in [0, 0.1) is 11.3 Å². The summed E-state index contributed by atoms with van der Waals surface area (Å²) in [6.45, 7) is 0.0253. The minimum Gasteiger partial charge on any atom is -0.392 e. The van der Waals surface area contributed by atoms with Gasteiger partial charge in [-0.05, 0) is 23.3 Å². The molecular formula is C18H14N2O. The third kappa shape index (κ3) is 2.58. The first-order chi connectivity index (χ1) is 10.3. The second-order valence-electron chi connectivity index (χ2n) is 4.82. The van der Waals surface area contributed by atoms with Crippen molar-refractivity contribution in [1.29, 1.82) is 5.26 Å². The van der Waals surface area contributed by atoms with E-state index in [4.69, 9.17) is 5.11 Å². The van der Waals surface area contributed by atoms with Crippen LogP contribution in [-0.4, -0.2) is 10.1 Å². The molecule has 102 valence electrons. The van der Waals surface area contributed by atoms with Gasteiger partial charge in [-0.15, -0.1) is 0 Å². The average molecular weight is 274 g/mol. The smallest absolute Gasteiger partial charge is 0.0998 e. The highest BCUT2D eigenvalue weighted by Gasteiger charge is 2.07. The molecule has 3 rings (SSSR count). The van der Waals surface area contributed by atoms with Gasteiger partial charge < -0.3 is 10.1 Å². The molecular weight excluding hydrogens is 260 g/mol. The van der Waals surface area contributed by atoms with Crippen molar-refractivity contribution in [2.45, 2.75) is 6.61 Å². The van der Waals surface area contributed by atoms with Crippen LogP contribution < -0.4 is 0 Å². The van der Waals surface area contributed by atoms with Crippen LogP contribution in [0.4, 0.5) is 0 Å². The van der Waals surface area contributed by atoms with E-state index in [9.17, 15) is 5.26 Å². The van der Waals surface area contributed by atoms with Gasteiger partial charge in [0.2, 0.25) is 0 Å². The number of aromatic nitrogens is 1. The number of benzene rings is 2. The lowest BCUT2D eigenvalue weighted by Crippen LogP contribution is -1.83. The third-order valence-electron chi connectivity index (χ3n) is 3.47. The highest BCUT2D eigenvalue weighted by Crippen LogP contribution is 2.26. The van der Waals surface area contributed by atoms with Crippen molar-refractivity contribution >= 4 is 22.6 Å². The van der Waals surface area contributed by atoms with E-state index in [1.54, 1.807) is 0 Å². The number of nitriles is 1. The largest absolute Gasteiger partial charge is 0.392 e. The van der Waals surface area contributed by atoms with Crippen LogP contribution in [0.3, 0.4) is 0 Å². The predicted octanol–water partition coefficient (Wildman–Crippen LogP) is 3.72. The molecule has 0 aliphatic heterocycles. The number of fused-ring (bicyclic) bond motifs is 1. The predicted molar refractivity (Wildman–Crippen MR) is 84.1 cm³/mol. The molecule has 0 unspecified atom stereocenters. The van der Waals surface area contributed by atoms with Crippen LogP contribution in [0.15, 0.2) is 54.7 Å². The molecule has 0 atom stereocenters. The third-order valence-corrected chi connectivity index (χ3v) is 3.47. The first-order valence-electron chi connectivity index (χ1n) is 6.70. The highest BCUT2D eigenvalue weighted by atomic mass is 16.3. The SMILES string of the molecule is N#C/C(=C\c1ccc(CO)cc1)c1c[nH]c2ccccc12. The maximum Gasteiger partial charge on any atom is 0.0998 e. The lowest BCUT2D eigenvalue weighted by atomic mass is 10.0. The number of nitrogens with zero attached hydrogens (tertiary/aromatic N) is 1. The number of aromatic amines is 1. The molecule has 0 bridgehead atoms. The summed E-state index contributed by atoms with van der Waals surface area (Å²) in [6, 6.07) is 17.7. The number of nitrogens with one attached hydrogen (secondary N) is 1.